The molecular formula is C28H39N3O6. The van der Waals surface area contributed by atoms with Gasteiger partial charge in [0.05, 0.1) is 44.2 Å². The third-order valence-corrected chi connectivity index (χ3v) is 7.05. The first-order chi connectivity index (χ1) is 17.9. The molecule has 4 rings (SSSR count). The van der Waals surface area contributed by atoms with Gasteiger partial charge in [-0.15, -0.1) is 0 Å². The molecule has 4 atom stereocenters. The molecule has 9 heteroatoms. The number of nitrogens with zero attached hydrogens (tertiary/aromatic N) is 2. The second-order valence-corrected chi connectivity index (χ2v) is 9.73. The smallest absolute Gasteiger partial charge is 0.239 e. The van der Waals surface area contributed by atoms with Crippen LogP contribution in [-0.4, -0.2) is 87.8 Å². The van der Waals surface area contributed by atoms with Crippen molar-refractivity contribution >= 4 is 11.6 Å². The molecule has 0 saturated carbocycles. The van der Waals surface area contributed by atoms with E-state index in [2.05, 4.69) is 11.0 Å². The van der Waals surface area contributed by atoms with E-state index < -0.39 is 18.2 Å². The first kappa shape index (κ1) is 27.2. The Hall–Kier alpha value is -2.85. The number of aliphatic hydroxyl groups is 1. The number of carbonyl (C=O) groups excluding carboxylic acids is 1. The van der Waals surface area contributed by atoms with Crippen molar-refractivity contribution in [3.63, 3.8) is 0 Å². The van der Waals surface area contributed by atoms with Crippen LogP contribution in [-0.2, 0) is 20.9 Å². The molecule has 2 heterocycles. The minimum atomic E-state index is -0.789. The minimum absolute atomic E-state index is 0.196. The summed E-state index contributed by atoms with van der Waals surface area (Å²) < 4.78 is 22.8. The van der Waals surface area contributed by atoms with E-state index in [1.165, 1.54) is 0 Å². The molecule has 9 nitrogen and oxygen atoms in total. The summed E-state index contributed by atoms with van der Waals surface area (Å²) in [5.41, 5.74) is 8.86. The van der Waals surface area contributed by atoms with Crippen molar-refractivity contribution in [3.8, 4) is 11.5 Å². The number of rotatable bonds is 10. The van der Waals surface area contributed by atoms with Crippen LogP contribution in [0.3, 0.4) is 0 Å². The molecule has 3 N–H and O–H groups in total. The lowest BCUT2D eigenvalue weighted by Crippen LogP contribution is -2.56. The number of methoxy groups -OCH3 is 2. The summed E-state index contributed by atoms with van der Waals surface area (Å²) in [5.74, 6) is 1.12. The van der Waals surface area contributed by atoms with Crippen LogP contribution >= 0.6 is 0 Å². The number of piperidine rings is 1. The number of aliphatic hydroxyl groups excluding tert-OH is 1. The van der Waals surface area contributed by atoms with Crippen molar-refractivity contribution < 1.29 is 28.8 Å². The average molecular weight is 514 g/mol. The number of likely N-dealkylation sites (tertiary alicyclic amines) is 1. The van der Waals surface area contributed by atoms with Gasteiger partial charge in [-0.3, -0.25) is 4.79 Å². The summed E-state index contributed by atoms with van der Waals surface area (Å²) in [4.78, 5) is 16.6. The topological polar surface area (TPSA) is 107 Å². The summed E-state index contributed by atoms with van der Waals surface area (Å²) in [7, 11) is 3.34. The number of anilines is 1. The summed E-state index contributed by atoms with van der Waals surface area (Å²) >= 11 is 0. The second-order valence-electron chi connectivity index (χ2n) is 9.73. The summed E-state index contributed by atoms with van der Waals surface area (Å²) in [6.45, 7) is 5.64. The zero-order valence-electron chi connectivity index (χ0n) is 22.0. The van der Waals surface area contributed by atoms with Crippen LogP contribution in [0.1, 0.15) is 30.4 Å². The first-order valence-corrected chi connectivity index (χ1v) is 12.9. The van der Waals surface area contributed by atoms with Gasteiger partial charge in [0.1, 0.15) is 18.1 Å². The molecule has 0 spiro atoms. The molecule has 0 aromatic heterocycles. The van der Waals surface area contributed by atoms with Gasteiger partial charge in [0.2, 0.25) is 5.91 Å². The monoisotopic (exact) mass is 513 g/mol. The fraction of sp³-hybridized carbons (Fsp3) is 0.536. The molecule has 1 amide bonds. The maximum absolute atomic E-state index is 12.7. The highest BCUT2D eigenvalue weighted by atomic mass is 16.5. The van der Waals surface area contributed by atoms with Crippen molar-refractivity contribution in [1.29, 1.82) is 0 Å². The van der Waals surface area contributed by atoms with Crippen LogP contribution < -0.4 is 20.1 Å². The van der Waals surface area contributed by atoms with E-state index in [-0.39, 0.29) is 18.4 Å². The Morgan fingerprint density at radius 3 is 2.68 bits per heavy atom. The fourth-order valence-electron chi connectivity index (χ4n) is 5.12. The Morgan fingerprint density at radius 2 is 1.97 bits per heavy atom. The fourth-order valence-corrected chi connectivity index (χ4v) is 5.12. The van der Waals surface area contributed by atoms with Gasteiger partial charge < -0.3 is 39.6 Å². The number of ether oxygens (including phenoxy) is 4. The van der Waals surface area contributed by atoms with E-state index in [0.29, 0.717) is 26.4 Å². The highest BCUT2D eigenvalue weighted by Gasteiger charge is 2.40. The molecule has 1 fully saturated rings. The lowest BCUT2D eigenvalue weighted by Gasteiger charge is -2.42. The molecule has 0 radical (unpaired) electrons. The molecule has 2 aromatic rings. The van der Waals surface area contributed by atoms with E-state index in [9.17, 15) is 9.90 Å². The van der Waals surface area contributed by atoms with E-state index in [1.54, 1.807) is 26.0 Å². The lowest BCUT2D eigenvalue weighted by molar-refractivity contribution is -0.143. The number of hydrogen-bond acceptors (Lipinski definition) is 8. The molecule has 37 heavy (non-hydrogen) atoms. The Balaban J connectivity index is 1.53. The summed E-state index contributed by atoms with van der Waals surface area (Å²) in [6, 6.07) is 13.1. The Labute approximate surface area is 219 Å². The lowest BCUT2D eigenvalue weighted by atomic mass is 9.84. The Bertz CT molecular complexity index is 1030. The van der Waals surface area contributed by atoms with Gasteiger partial charge in [0.15, 0.2) is 0 Å². The van der Waals surface area contributed by atoms with Crippen LogP contribution in [0.2, 0.25) is 0 Å². The van der Waals surface area contributed by atoms with Gasteiger partial charge in [-0.2, -0.15) is 0 Å². The third kappa shape index (κ3) is 6.54. The zero-order chi connectivity index (χ0) is 26.4. The van der Waals surface area contributed by atoms with Crippen molar-refractivity contribution in [1.82, 2.24) is 4.90 Å². The van der Waals surface area contributed by atoms with E-state index in [4.69, 9.17) is 24.7 Å². The number of hydrogen-bond donors (Lipinski definition) is 2. The van der Waals surface area contributed by atoms with Gasteiger partial charge in [-0.25, -0.2) is 0 Å². The molecule has 202 valence electrons. The number of fused-ring (bicyclic) bond motifs is 1. The van der Waals surface area contributed by atoms with Gasteiger partial charge in [-0.1, -0.05) is 18.2 Å². The molecule has 2 aliphatic rings. The molecule has 2 aromatic carbocycles. The molecule has 1 unspecified atom stereocenters. The number of benzene rings is 2. The second kappa shape index (κ2) is 12.6. The van der Waals surface area contributed by atoms with Crippen molar-refractivity contribution in [2.45, 2.75) is 44.1 Å². The summed E-state index contributed by atoms with van der Waals surface area (Å²) in [6.07, 6.45) is -0.267. The van der Waals surface area contributed by atoms with Crippen molar-refractivity contribution in [2.24, 2.45) is 5.73 Å². The van der Waals surface area contributed by atoms with Gasteiger partial charge in [0.25, 0.3) is 0 Å². The van der Waals surface area contributed by atoms with E-state index in [1.807, 2.05) is 36.4 Å². The molecular weight excluding hydrogens is 474 g/mol. The number of carbonyl (C=O) groups is 1. The van der Waals surface area contributed by atoms with Crippen LogP contribution in [0.15, 0.2) is 42.5 Å². The standard InChI is InChI=1S/C28H39N3O6/c1-19(29)28(33)31-16-24(32)27(21-6-8-22(35-3)9-7-21)26(17-31)37-18-20-5-10-25-23(15-20)30(12-14-36-25)11-4-13-34-2/h5-10,15,19,24,26-27,32H,4,11-14,16-18,29H2,1-3H3/t19?,24-,26+,27+/m1/s1. The minimum Gasteiger partial charge on any atom is -0.497 e. The van der Waals surface area contributed by atoms with Crippen molar-refractivity contribution in [2.75, 3.05) is 58.5 Å². The maximum Gasteiger partial charge on any atom is 0.239 e. The highest BCUT2D eigenvalue weighted by molar-refractivity contribution is 5.81. The van der Waals surface area contributed by atoms with Crippen LogP contribution in [0.25, 0.3) is 0 Å². The van der Waals surface area contributed by atoms with E-state index in [0.717, 1.165) is 47.8 Å². The van der Waals surface area contributed by atoms with Crippen LogP contribution in [0.4, 0.5) is 5.69 Å². The molecule has 0 aliphatic carbocycles. The molecule has 0 bridgehead atoms. The summed E-state index contributed by atoms with van der Waals surface area (Å²) in [5, 5.41) is 11.1. The average Bonchev–Trinajstić information content (AvgIpc) is 2.91. The predicted octanol–water partition coefficient (Wildman–Crippen LogP) is 2.15. The normalized spacial score (nSPS) is 22.2. The number of amides is 1. The van der Waals surface area contributed by atoms with Gasteiger partial charge in [0, 0.05) is 39.3 Å². The highest BCUT2D eigenvalue weighted by Crippen LogP contribution is 2.35. The van der Waals surface area contributed by atoms with Crippen LogP contribution in [0, 0.1) is 0 Å². The third-order valence-electron chi connectivity index (χ3n) is 7.05. The zero-order valence-corrected chi connectivity index (χ0v) is 22.0. The first-order valence-electron chi connectivity index (χ1n) is 12.9. The van der Waals surface area contributed by atoms with Crippen molar-refractivity contribution in [3.05, 3.63) is 53.6 Å². The maximum atomic E-state index is 12.7. The van der Waals surface area contributed by atoms with Gasteiger partial charge >= 0.3 is 0 Å². The SMILES string of the molecule is COCCCN1CCOc2ccc(CO[C@H]3CN(C(=O)C(C)N)C[C@@H](O)[C@@H]3c3ccc(OC)cc3)cc21. The quantitative estimate of drug-likeness (QED) is 0.466. The molecule has 1 saturated heterocycles. The van der Waals surface area contributed by atoms with Gasteiger partial charge in [-0.05, 0) is 48.7 Å². The Kier molecular flexibility index (Phi) is 9.26. The van der Waals surface area contributed by atoms with E-state index >= 15 is 0 Å². The Morgan fingerprint density at radius 1 is 1.19 bits per heavy atom. The largest absolute Gasteiger partial charge is 0.497 e. The molecule has 2 aliphatic heterocycles. The number of nitrogens with two attached hydrogens (primary N) is 1. The predicted molar refractivity (Wildman–Crippen MR) is 141 cm³/mol. The van der Waals surface area contributed by atoms with Crippen LogP contribution in [0.5, 0.6) is 11.5 Å². The number of β-amino-alcohol motifs (C(OH)–C–C–N with tert-alkyl or cyclic N) is 1.